The number of carbonyl (C=O) groups is 1. The van der Waals surface area contributed by atoms with E-state index in [9.17, 15) is 18.0 Å². The molecule has 4 rings (SSSR count). The SMILES string of the molecule is Cc1cc(NC(=O)NSc2cccc(C(F)(F)F)c2)ccc1Oc1ncccc1-c1ccncn1. The Bertz CT molecular complexity index is 1340. The largest absolute Gasteiger partial charge is 0.438 e. The van der Waals surface area contributed by atoms with Crippen LogP contribution in [0.25, 0.3) is 11.3 Å². The summed E-state index contributed by atoms with van der Waals surface area (Å²) < 4.78 is 47.0. The Hall–Kier alpha value is -4.12. The molecule has 2 heterocycles. The molecule has 0 radical (unpaired) electrons. The van der Waals surface area contributed by atoms with E-state index < -0.39 is 17.8 Å². The molecule has 0 saturated heterocycles. The lowest BCUT2D eigenvalue weighted by atomic mass is 10.2. The van der Waals surface area contributed by atoms with Gasteiger partial charge in [-0.1, -0.05) is 6.07 Å². The van der Waals surface area contributed by atoms with Gasteiger partial charge in [-0.3, -0.25) is 4.72 Å². The average Bonchev–Trinajstić information content (AvgIpc) is 2.85. The molecule has 0 saturated carbocycles. The number of nitrogens with one attached hydrogen (secondary N) is 2. The highest BCUT2D eigenvalue weighted by atomic mass is 32.2. The Morgan fingerprint density at radius 2 is 1.86 bits per heavy atom. The summed E-state index contributed by atoms with van der Waals surface area (Å²) >= 11 is 0.781. The van der Waals surface area contributed by atoms with Gasteiger partial charge in [0.2, 0.25) is 5.88 Å². The normalized spacial score (nSPS) is 11.1. The molecule has 7 nitrogen and oxygen atoms in total. The summed E-state index contributed by atoms with van der Waals surface area (Å²) in [6.07, 6.45) is 0.220. The first-order chi connectivity index (χ1) is 16.8. The molecule has 2 N–H and O–H groups in total. The summed E-state index contributed by atoms with van der Waals surface area (Å²) in [5, 5.41) is 2.64. The van der Waals surface area contributed by atoms with Crippen LogP contribution in [0.3, 0.4) is 0 Å². The monoisotopic (exact) mass is 497 g/mol. The van der Waals surface area contributed by atoms with Crippen molar-refractivity contribution in [1.82, 2.24) is 19.7 Å². The zero-order chi connectivity index (χ0) is 24.8. The van der Waals surface area contributed by atoms with E-state index >= 15 is 0 Å². The van der Waals surface area contributed by atoms with Crippen molar-refractivity contribution in [3.63, 3.8) is 0 Å². The van der Waals surface area contributed by atoms with Gasteiger partial charge in [-0.25, -0.2) is 19.7 Å². The van der Waals surface area contributed by atoms with Gasteiger partial charge >= 0.3 is 12.2 Å². The van der Waals surface area contributed by atoms with Crippen LogP contribution < -0.4 is 14.8 Å². The second-order valence-electron chi connectivity index (χ2n) is 7.22. The molecule has 2 amide bonds. The van der Waals surface area contributed by atoms with Crippen molar-refractivity contribution in [2.24, 2.45) is 0 Å². The number of rotatable bonds is 6. The molecule has 0 aliphatic carbocycles. The van der Waals surface area contributed by atoms with Crippen molar-refractivity contribution in [2.75, 3.05) is 5.32 Å². The molecule has 0 bridgehead atoms. The van der Waals surface area contributed by atoms with E-state index in [2.05, 4.69) is 25.0 Å². The Morgan fingerprint density at radius 1 is 1.00 bits per heavy atom. The van der Waals surface area contributed by atoms with E-state index in [1.807, 2.05) is 13.0 Å². The molecule has 0 aliphatic rings. The first-order valence-corrected chi connectivity index (χ1v) is 11.0. The number of nitrogens with zero attached hydrogens (tertiary/aromatic N) is 3. The third-order valence-corrected chi connectivity index (χ3v) is 5.47. The molecule has 0 aliphatic heterocycles. The summed E-state index contributed by atoms with van der Waals surface area (Å²) in [7, 11) is 0. The smallest absolute Gasteiger partial charge is 0.416 e. The molecule has 0 spiro atoms. The molecular weight excluding hydrogens is 479 g/mol. The van der Waals surface area contributed by atoms with E-state index in [4.69, 9.17) is 4.74 Å². The van der Waals surface area contributed by atoms with Crippen LogP contribution in [0.5, 0.6) is 11.6 Å². The number of pyridine rings is 1. The summed E-state index contributed by atoms with van der Waals surface area (Å²) in [5.74, 6) is 0.897. The molecule has 4 aromatic rings. The van der Waals surface area contributed by atoms with Crippen molar-refractivity contribution in [3.8, 4) is 22.9 Å². The second-order valence-corrected chi connectivity index (χ2v) is 8.10. The maximum absolute atomic E-state index is 12.8. The number of carbonyl (C=O) groups excluding carboxylic acids is 1. The van der Waals surface area contributed by atoms with E-state index in [1.54, 1.807) is 42.7 Å². The fraction of sp³-hybridized carbons (Fsp3) is 0.0833. The first kappa shape index (κ1) is 24.0. The average molecular weight is 498 g/mol. The lowest BCUT2D eigenvalue weighted by molar-refractivity contribution is -0.137. The van der Waals surface area contributed by atoms with Gasteiger partial charge in [0.1, 0.15) is 12.1 Å². The number of hydrogen-bond acceptors (Lipinski definition) is 6. The highest BCUT2D eigenvalue weighted by molar-refractivity contribution is 7.98. The minimum absolute atomic E-state index is 0.254. The van der Waals surface area contributed by atoms with Gasteiger partial charge in [-0.05, 0) is 79.0 Å². The van der Waals surface area contributed by atoms with Gasteiger partial charge in [0.15, 0.2) is 0 Å². The quantitative estimate of drug-likeness (QED) is 0.296. The fourth-order valence-corrected chi connectivity index (χ4v) is 3.65. The summed E-state index contributed by atoms with van der Waals surface area (Å²) in [4.78, 5) is 24.9. The molecule has 11 heteroatoms. The van der Waals surface area contributed by atoms with Crippen molar-refractivity contribution in [2.45, 2.75) is 18.0 Å². The number of alkyl halides is 3. The first-order valence-electron chi connectivity index (χ1n) is 10.2. The summed E-state index contributed by atoms with van der Waals surface area (Å²) in [6.45, 7) is 1.81. The maximum atomic E-state index is 12.8. The number of hydrogen-bond donors (Lipinski definition) is 2. The van der Waals surface area contributed by atoms with Crippen LogP contribution in [0.15, 0.2) is 84.3 Å². The van der Waals surface area contributed by atoms with E-state index in [0.717, 1.165) is 29.6 Å². The van der Waals surface area contributed by atoms with Crippen LogP contribution in [0.2, 0.25) is 0 Å². The molecular formula is C24H18F3N5O2S. The van der Waals surface area contributed by atoms with Crippen LogP contribution in [0, 0.1) is 6.92 Å². The van der Waals surface area contributed by atoms with Crippen molar-refractivity contribution in [3.05, 3.63) is 90.5 Å². The highest BCUT2D eigenvalue weighted by Gasteiger charge is 2.30. The minimum atomic E-state index is -4.45. The van der Waals surface area contributed by atoms with E-state index in [-0.39, 0.29) is 4.90 Å². The third-order valence-electron chi connectivity index (χ3n) is 4.69. The number of aromatic nitrogens is 3. The molecule has 0 unspecified atom stereocenters. The molecule has 0 fully saturated rings. The maximum Gasteiger partial charge on any atom is 0.416 e. The molecule has 2 aromatic heterocycles. The number of halogens is 3. The Morgan fingerprint density at radius 3 is 2.60 bits per heavy atom. The molecule has 35 heavy (non-hydrogen) atoms. The Balaban J connectivity index is 1.40. The van der Waals surface area contributed by atoms with Crippen molar-refractivity contribution >= 4 is 23.7 Å². The lowest BCUT2D eigenvalue weighted by Crippen LogP contribution is -2.22. The van der Waals surface area contributed by atoms with Crippen molar-refractivity contribution < 1.29 is 22.7 Å². The third kappa shape index (κ3) is 6.27. The van der Waals surface area contributed by atoms with Gasteiger partial charge in [-0.15, -0.1) is 0 Å². The fourth-order valence-electron chi connectivity index (χ4n) is 3.06. The number of benzene rings is 2. The number of anilines is 1. The molecule has 0 atom stereocenters. The van der Waals surface area contributed by atoms with Crippen LogP contribution >= 0.6 is 11.9 Å². The highest BCUT2D eigenvalue weighted by Crippen LogP contribution is 2.33. The Kier molecular flexibility index (Phi) is 7.16. The van der Waals surface area contributed by atoms with Crippen LogP contribution in [-0.4, -0.2) is 21.0 Å². The van der Waals surface area contributed by atoms with Crippen LogP contribution in [-0.2, 0) is 6.18 Å². The topological polar surface area (TPSA) is 89.0 Å². The van der Waals surface area contributed by atoms with Gasteiger partial charge in [0, 0.05) is 23.0 Å². The summed E-state index contributed by atoms with van der Waals surface area (Å²) in [5.41, 5.74) is 1.78. The van der Waals surface area contributed by atoms with Gasteiger partial charge in [0.25, 0.3) is 0 Å². The predicted octanol–water partition coefficient (Wildman–Crippen LogP) is 6.49. The van der Waals surface area contributed by atoms with Gasteiger partial charge < -0.3 is 10.1 Å². The Labute approximate surface area is 202 Å². The second kappa shape index (κ2) is 10.4. The van der Waals surface area contributed by atoms with E-state index in [1.165, 1.54) is 18.5 Å². The zero-order valence-electron chi connectivity index (χ0n) is 18.2. The van der Waals surface area contributed by atoms with E-state index in [0.29, 0.717) is 28.6 Å². The van der Waals surface area contributed by atoms with Crippen LogP contribution in [0.1, 0.15) is 11.1 Å². The molecule has 2 aromatic carbocycles. The lowest BCUT2D eigenvalue weighted by Gasteiger charge is -2.13. The number of amides is 2. The van der Waals surface area contributed by atoms with Gasteiger partial charge in [0.05, 0.1) is 16.8 Å². The summed E-state index contributed by atoms with van der Waals surface area (Å²) in [6, 6.07) is 14.5. The zero-order valence-corrected chi connectivity index (χ0v) is 19.0. The number of urea groups is 1. The minimum Gasteiger partial charge on any atom is -0.438 e. The van der Waals surface area contributed by atoms with Crippen molar-refractivity contribution in [1.29, 1.82) is 0 Å². The number of aryl methyl sites for hydroxylation is 1. The molecule has 178 valence electrons. The van der Waals surface area contributed by atoms with Gasteiger partial charge in [-0.2, -0.15) is 13.2 Å². The standard InChI is InChI=1S/C24H18F3N5O2S/c1-15-12-17(31-23(33)32-35-18-5-2-4-16(13-18)24(25,26)27)7-8-21(15)34-22-19(6-3-10-29-22)20-9-11-28-14-30-20/h2-14H,1H3,(H2,31,32,33). The van der Waals surface area contributed by atoms with Crippen LogP contribution in [0.4, 0.5) is 23.7 Å². The predicted molar refractivity (Wildman–Crippen MR) is 126 cm³/mol. The number of ether oxygens (including phenoxy) is 1.